The van der Waals surface area contributed by atoms with E-state index >= 15 is 0 Å². The summed E-state index contributed by atoms with van der Waals surface area (Å²) < 4.78 is 5.85. The first kappa shape index (κ1) is 16.7. The molecule has 2 amide bonds. The molecule has 0 aliphatic heterocycles. The highest BCUT2D eigenvalue weighted by Gasteiger charge is 2.43. The highest BCUT2D eigenvalue weighted by molar-refractivity contribution is 7.98. The van der Waals surface area contributed by atoms with Crippen molar-refractivity contribution in [2.75, 3.05) is 24.7 Å². The molecule has 2 aromatic carbocycles. The molecule has 0 bridgehead atoms. The molecule has 2 N–H and O–H groups in total. The van der Waals surface area contributed by atoms with Gasteiger partial charge < -0.3 is 15.4 Å². The Morgan fingerprint density at radius 2 is 1.83 bits per heavy atom. The lowest BCUT2D eigenvalue weighted by Crippen LogP contribution is -2.36. The number of carbonyl (C=O) groups excluding carboxylic acids is 1. The van der Waals surface area contributed by atoms with Crippen molar-refractivity contribution in [2.24, 2.45) is 5.41 Å². The summed E-state index contributed by atoms with van der Waals surface area (Å²) in [6.45, 7) is 1.27. The van der Waals surface area contributed by atoms with Crippen LogP contribution in [0.15, 0.2) is 59.5 Å². The van der Waals surface area contributed by atoms with Gasteiger partial charge in [-0.25, -0.2) is 4.79 Å². The second-order valence-corrected chi connectivity index (χ2v) is 6.96. The molecule has 0 saturated heterocycles. The summed E-state index contributed by atoms with van der Waals surface area (Å²) in [6.07, 6.45) is 4.17. The molecule has 2 aromatic rings. The Balaban J connectivity index is 1.47. The molecule has 3 rings (SSSR count). The zero-order valence-corrected chi connectivity index (χ0v) is 14.6. The summed E-state index contributed by atoms with van der Waals surface area (Å²) >= 11 is 1.62. The van der Waals surface area contributed by atoms with Gasteiger partial charge in [0.25, 0.3) is 0 Å². The lowest BCUT2D eigenvalue weighted by atomic mass is 10.1. The van der Waals surface area contributed by atoms with Gasteiger partial charge in [0.1, 0.15) is 5.75 Å². The van der Waals surface area contributed by atoms with Crippen LogP contribution in [0.1, 0.15) is 12.8 Å². The first-order valence-corrected chi connectivity index (χ1v) is 9.29. The van der Waals surface area contributed by atoms with Gasteiger partial charge in [-0.3, -0.25) is 0 Å². The molecule has 0 aromatic heterocycles. The van der Waals surface area contributed by atoms with Crippen LogP contribution in [0.2, 0.25) is 0 Å². The molecule has 24 heavy (non-hydrogen) atoms. The minimum absolute atomic E-state index is 0.0756. The van der Waals surface area contributed by atoms with Gasteiger partial charge in [-0.05, 0) is 43.4 Å². The number of ether oxygens (including phenoxy) is 1. The van der Waals surface area contributed by atoms with Gasteiger partial charge in [-0.2, -0.15) is 0 Å². The zero-order valence-electron chi connectivity index (χ0n) is 13.7. The Kier molecular flexibility index (Phi) is 5.30. The lowest BCUT2D eigenvalue weighted by molar-refractivity contribution is 0.223. The molecule has 4 nitrogen and oxygen atoms in total. The fourth-order valence-electron chi connectivity index (χ4n) is 2.48. The van der Waals surface area contributed by atoms with Crippen molar-refractivity contribution in [2.45, 2.75) is 17.7 Å². The van der Waals surface area contributed by atoms with Crippen molar-refractivity contribution in [3.05, 3.63) is 54.6 Å². The molecule has 0 spiro atoms. The predicted octanol–water partition coefficient (Wildman–Crippen LogP) is 4.39. The number of para-hydroxylation sites is 2. The van der Waals surface area contributed by atoms with E-state index in [0.29, 0.717) is 13.2 Å². The molecular weight excluding hydrogens is 320 g/mol. The number of anilines is 1. The number of nitrogens with one attached hydrogen (secondary N) is 2. The molecule has 1 fully saturated rings. The van der Waals surface area contributed by atoms with Crippen LogP contribution >= 0.6 is 11.8 Å². The van der Waals surface area contributed by atoms with Crippen molar-refractivity contribution < 1.29 is 9.53 Å². The first-order valence-electron chi connectivity index (χ1n) is 8.07. The van der Waals surface area contributed by atoms with Crippen LogP contribution in [0.3, 0.4) is 0 Å². The normalized spacial score (nSPS) is 14.7. The van der Waals surface area contributed by atoms with E-state index in [-0.39, 0.29) is 11.4 Å². The van der Waals surface area contributed by atoms with E-state index in [9.17, 15) is 4.79 Å². The van der Waals surface area contributed by atoms with Crippen LogP contribution in [0.25, 0.3) is 0 Å². The second-order valence-electron chi connectivity index (χ2n) is 6.11. The monoisotopic (exact) mass is 342 g/mol. The van der Waals surface area contributed by atoms with E-state index in [1.807, 2.05) is 60.9 Å². The highest BCUT2D eigenvalue weighted by Crippen LogP contribution is 2.45. The number of thioether (sulfide) groups is 1. The van der Waals surface area contributed by atoms with E-state index in [1.54, 1.807) is 11.8 Å². The van der Waals surface area contributed by atoms with Crippen LogP contribution in [0, 0.1) is 5.41 Å². The molecule has 5 heteroatoms. The standard InChI is InChI=1S/C19H22N2O2S/c1-24-17-10-6-5-9-16(17)21-18(22)20-13-19(11-12-19)14-23-15-7-3-2-4-8-15/h2-10H,11-14H2,1H3,(H2,20,21,22). The van der Waals surface area contributed by atoms with Crippen molar-refractivity contribution >= 4 is 23.5 Å². The Hall–Kier alpha value is -2.14. The summed E-state index contributed by atoms with van der Waals surface area (Å²) in [6, 6.07) is 17.4. The molecular formula is C19H22N2O2S. The van der Waals surface area contributed by atoms with Crippen LogP contribution in [-0.4, -0.2) is 25.4 Å². The average Bonchev–Trinajstić information content (AvgIpc) is 3.40. The Morgan fingerprint density at radius 3 is 2.54 bits per heavy atom. The van der Waals surface area contributed by atoms with Gasteiger partial charge in [0.2, 0.25) is 0 Å². The summed E-state index contributed by atoms with van der Waals surface area (Å²) in [5.74, 6) is 0.877. The molecule has 1 aliphatic carbocycles. The van der Waals surface area contributed by atoms with Crippen LogP contribution in [0.5, 0.6) is 5.75 Å². The van der Waals surface area contributed by atoms with Gasteiger partial charge in [0.05, 0.1) is 12.3 Å². The lowest BCUT2D eigenvalue weighted by Gasteiger charge is -2.18. The number of benzene rings is 2. The highest BCUT2D eigenvalue weighted by atomic mass is 32.2. The van der Waals surface area contributed by atoms with Crippen molar-refractivity contribution in [1.29, 1.82) is 0 Å². The van der Waals surface area contributed by atoms with Crippen LogP contribution in [-0.2, 0) is 0 Å². The average molecular weight is 342 g/mol. The summed E-state index contributed by atoms with van der Waals surface area (Å²) in [5, 5.41) is 5.91. The number of amides is 2. The topological polar surface area (TPSA) is 50.4 Å². The number of rotatable bonds is 7. The molecule has 0 atom stereocenters. The van der Waals surface area contributed by atoms with E-state index in [2.05, 4.69) is 10.6 Å². The van der Waals surface area contributed by atoms with Crippen molar-refractivity contribution in [1.82, 2.24) is 5.32 Å². The van der Waals surface area contributed by atoms with Gasteiger partial charge >= 0.3 is 6.03 Å². The SMILES string of the molecule is CSc1ccccc1NC(=O)NCC1(COc2ccccc2)CC1. The molecule has 1 saturated carbocycles. The number of carbonyl (C=O) groups is 1. The molecule has 0 heterocycles. The third-order valence-electron chi connectivity index (χ3n) is 4.22. The molecule has 0 unspecified atom stereocenters. The van der Waals surface area contributed by atoms with Gasteiger partial charge in [-0.15, -0.1) is 11.8 Å². The largest absolute Gasteiger partial charge is 0.493 e. The van der Waals surface area contributed by atoms with Gasteiger partial charge in [0.15, 0.2) is 0 Å². The minimum Gasteiger partial charge on any atom is -0.493 e. The quantitative estimate of drug-likeness (QED) is 0.734. The molecule has 126 valence electrons. The maximum Gasteiger partial charge on any atom is 0.319 e. The second kappa shape index (κ2) is 7.62. The third kappa shape index (κ3) is 4.45. The number of urea groups is 1. The van der Waals surface area contributed by atoms with E-state index in [0.717, 1.165) is 29.2 Å². The zero-order chi connectivity index (χ0) is 16.8. The fraction of sp³-hybridized carbons (Fsp3) is 0.316. The van der Waals surface area contributed by atoms with Crippen LogP contribution in [0.4, 0.5) is 10.5 Å². The fourth-order valence-corrected chi connectivity index (χ4v) is 3.04. The van der Waals surface area contributed by atoms with Gasteiger partial charge in [-0.1, -0.05) is 30.3 Å². The first-order chi connectivity index (χ1) is 11.7. The Morgan fingerprint density at radius 1 is 1.12 bits per heavy atom. The van der Waals surface area contributed by atoms with Gasteiger partial charge in [0, 0.05) is 16.9 Å². The molecule has 0 radical (unpaired) electrons. The Labute approximate surface area is 147 Å². The maximum absolute atomic E-state index is 12.2. The van der Waals surface area contributed by atoms with Crippen LogP contribution < -0.4 is 15.4 Å². The summed E-state index contributed by atoms with van der Waals surface area (Å²) in [4.78, 5) is 13.2. The van der Waals surface area contributed by atoms with E-state index < -0.39 is 0 Å². The number of hydrogen-bond donors (Lipinski definition) is 2. The maximum atomic E-state index is 12.2. The molecule has 1 aliphatic rings. The smallest absolute Gasteiger partial charge is 0.319 e. The Bertz CT molecular complexity index is 687. The number of hydrogen-bond acceptors (Lipinski definition) is 3. The minimum atomic E-state index is -0.164. The summed E-state index contributed by atoms with van der Waals surface area (Å²) in [5.41, 5.74) is 0.916. The summed E-state index contributed by atoms with van der Waals surface area (Å²) in [7, 11) is 0. The predicted molar refractivity (Wildman–Crippen MR) is 98.8 cm³/mol. The van der Waals surface area contributed by atoms with Crippen molar-refractivity contribution in [3.63, 3.8) is 0 Å². The van der Waals surface area contributed by atoms with E-state index in [4.69, 9.17) is 4.74 Å². The van der Waals surface area contributed by atoms with Crippen molar-refractivity contribution in [3.8, 4) is 5.75 Å². The third-order valence-corrected chi connectivity index (χ3v) is 5.02. The van der Waals surface area contributed by atoms with E-state index in [1.165, 1.54) is 0 Å².